The zero-order chi connectivity index (χ0) is 79.0. The van der Waals surface area contributed by atoms with Crippen molar-refractivity contribution >= 4 is 77.9 Å². The molecule has 0 aliphatic carbocycles. The van der Waals surface area contributed by atoms with Gasteiger partial charge in [-0.25, -0.2) is 84.1 Å². The Hall–Kier alpha value is -10.0. The highest BCUT2D eigenvalue weighted by atomic mass is 15.5. The van der Waals surface area contributed by atoms with Crippen LogP contribution in [0.4, 0.5) is 0 Å². The zero-order valence-electron chi connectivity index (χ0n) is 70.2. The second kappa shape index (κ2) is 32.8. The number of aryl methyl sites for hydroxylation is 20. The van der Waals surface area contributed by atoms with Crippen molar-refractivity contribution in [2.24, 2.45) is 0 Å². The Balaban J connectivity index is 0.000000156. The minimum absolute atomic E-state index is 0.272. The highest BCUT2D eigenvalue weighted by molar-refractivity contribution is 5.85. The fraction of sp³-hybridized carbons (Fsp3) is 0.537. The molecule has 26 nitrogen and oxygen atoms in total. The summed E-state index contributed by atoms with van der Waals surface area (Å²) in [4.78, 5) is 71.5. The third kappa shape index (κ3) is 16.9. The Kier molecular flexibility index (Phi) is 25.3. The van der Waals surface area contributed by atoms with Crippen molar-refractivity contribution in [1.29, 1.82) is 0 Å². The smallest absolute Gasteiger partial charge is 0.197 e. The van der Waals surface area contributed by atoms with E-state index in [2.05, 4.69) is 269 Å². The van der Waals surface area contributed by atoms with Crippen LogP contribution in [0.2, 0.25) is 0 Å². The average molecular weight is 1440 g/mol. The van der Waals surface area contributed by atoms with Gasteiger partial charge in [0.25, 0.3) is 0 Å². The maximum atomic E-state index is 4.68. The van der Waals surface area contributed by atoms with Crippen LogP contribution >= 0.6 is 0 Å². The SMILES string of the molecule is Cc1cc2c(nc(C)n2C(C)C)c(C)n1.Cc1nc(C)c2c(C)c(C)n(C(C)C)c2n1.Cc1nc(C)c2c(C)nn(C(C)C)c2n1.Cc1nc(C)c2nc(C)n(C(C)C)c2n1.Cc1nc(C)c2nnn(C(C)C)c2n1.Cc1nc2c(nc(C)n2C(C)C)c(C)c1C.Cc1nc2nc(C)n(C(C)C)c2nc1C. The molecule has 566 valence electrons. The van der Waals surface area contributed by atoms with Crippen molar-refractivity contribution in [3.8, 4) is 0 Å². The number of pyridine rings is 2. The Morgan fingerprint density at radius 2 is 0.660 bits per heavy atom. The van der Waals surface area contributed by atoms with Crippen LogP contribution in [0.25, 0.3) is 77.9 Å². The van der Waals surface area contributed by atoms with Gasteiger partial charge in [0, 0.05) is 58.7 Å². The Morgan fingerprint density at radius 1 is 0.255 bits per heavy atom. The summed E-state index contributed by atoms with van der Waals surface area (Å²) in [7, 11) is 0. The van der Waals surface area contributed by atoms with Gasteiger partial charge in [-0.1, -0.05) is 5.21 Å². The van der Waals surface area contributed by atoms with Gasteiger partial charge < -0.3 is 22.8 Å². The third-order valence-corrected chi connectivity index (χ3v) is 18.9. The lowest BCUT2D eigenvalue weighted by Gasteiger charge is -2.11. The van der Waals surface area contributed by atoms with Crippen LogP contribution in [0.5, 0.6) is 0 Å². The summed E-state index contributed by atoms with van der Waals surface area (Å²) >= 11 is 0. The van der Waals surface area contributed by atoms with E-state index in [1.54, 1.807) is 0 Å². The minimum atomic E-state index is 0.272. The fourth-order valence-electron chi connectivity index (χ4n) is 13.9. The predicted molar refractivity (Wildman–Crippen MR) is 429 cm³/mol. The first-order valence-corrected chi connectivity index (χ1v) is 37.1. The van der Waals surface area contributed by atoms with Gasteiger partial charge in [-0.3, -0.25) is 4.98 Å². The second-order valence-corrected chi connectivity index (χ2v) is 30.0. The number of hydrogen-bond acceptors (Lipinski definition) is 19. The Morgan fingerprint density at radius 3 is 1.19 bits per heavy atom. The van der Waals surface area contributed by atoms with Crippen molar-refractivity contribution in [1.82, 2.24) is 127 Å². The molecule has 0 aromatic carbocycles. The lowest BCUT2D eigenvalue weighted by molar-refractivity contribution is 0.526. The molecule has 0 unspecified atom stereocenters. The van der Waals surface area contributed by atoms with Crippen LogP contribution in [0, 0.1) is 152 Å². The summed E-state index contributed by atoms with van der Waals surface area (Å²) in [5.74, 6) is 7.32. The van der Waals surface area contributed by atoms with Crippen molar-refractivity contribution in [3.63, 3.8) is 0 Å². The molecule has 0 atom stereocenters. The molecule has 0 fully saturated rings. The lowest BCUT2D eigenvalue weighted by atomic mass is 10.1. The van der Waals surface area contributed by atoms with Crippen molar-refractivity contribution in [2.75, 3.05) is 0 Å². The molecule has 14 aromatic rings. The van der Waals surface area contributed by atoms with Gasteiger partial charge in [-0.15, -0.1) is 5.10 Å². The summed E-state index contributed by atoms with van der Waals surface area (Å²) in [6, 6.07) is 4.74. The molecule has 0 radical (unpaired) electrons. The summed E-state index contributed by atoms with van der Waals surface area (Å²) in [5.41, 5.74) is 26.7. The normalized spacial score (nSPS) is 11.6. The maximum Gasteiger partial charge on any atom is 0.197 e. The summed E-state index contributed by atoms with van der Waals surface area (Å²) in [6.07, 6.45) is 0. The Labute approximate surface area is 625 Å². The average Bonchev–Trinajstić information content (AvgIpc) is 1.67. The molecule has 0 saturated carbocycles. The summed E-state index contributed by atoms with van der Waals surface area (Å²) < 4.78 is 14.8. The molecular formula is C80H116N26. The first kappa shape index (κ1) is 81.7. The number of nitrogens with zero attached hydrogens (tertiary/aromatic N) is 26. The van der Waals surface area contributed by atoms with E-state index in [0.717, 1.165) is 171 Å². The molecule has 14 heterocycles. The van der Waals surface area contributed by atoms with E-state index in [-0.39, 0.29) is 6.04 Å². The maximum absolute atomic E-state index is 4.68. The van der Waals surface area contributed by atoms with Crippen LogP contribution in [0.15, 0.2) is 6.07 Å². The van der Waals surface area contributed by atoms with Crippen LogP contribution in [-0.2, 0) is 0 Å². The first-order chi connectivity index (χ1) is 49.5. The molecular weight excluding hydrogens is 1330 g/mol. The van der Waals surface area contributed by atoms with E-state index in [1.165, 1.54) is 33.3 Å². The lowest BCUT2D eigenvalue weighted by Crippen LogP contribution is -2.05. The molecule has 0 aliphatic heterocycles. The van der Waals surface area contributed by atoms with E-state index >= 15 is 0 Å². The monoisotopic (exact) mass is 1440 g/mol. The van der Waals surface area contributed by atoms with E-state index in [0.29, 0.717) is 36.3 Å². The van der Waals surface area contributed by atoms with Gasteiger partial charge in [-0.2, -0.15) is 5.10 Å². The Bertz CT molecular complexity index is 5410. The first-order valence-electron chi connectivity index (χ1n) is 37.1. The van der Waals surface area contributed by atoms with Gasteiger partial charge in [0.1, 0.15) is 68.8 Å². The second-order valence-electron chi connectivity index (χ2n) is 30.0. The number of imidazole rings is 4. The predicted octanol–water partition coefficient (Wildman–Crippen LogP) is 17.8. The number of rotatable bonds is 7. The number of hydrogen-bond donors (Lipinski definition) is 0. The molecule has 106 heavy (non-hydrogen) atoms. The molecule has 0 N–H and O–H groups in total. The number of aromatic nitrogens is 26. The van der Waals surface area contributed by atoms with Gasteiger partial charge in [0.05, 0.1) is 62.5 Å². The minimum Gasteiger partial charge on any atom is -0.327 e. The molecule has 14 aromatic heterocycles. The molecule has 0 amide bonds. The van der Waals surface area contributed by atoms with Gasteiger partial charge in [-0.05, 0) is 272 Å². The molecule has 14 rings (SSSR count). The van der Waals surface area contributed by atoms with Crippen LogP contribution in [0.1, 0.15) is 265 Å². The molecule has 0 spiro atoms. The third-order valence-electron chi connectivity index (χ3n) is 18.9. The number of fused-ring (bicyclic) bond motifs is 7. The standard InChI is InChI=1S/2C13H19N3.C12H17N3.3C11H16N4.C9H13N5/c1-7(2)16-10(5)8(3)12-9(4)14-11(6)15-13(12)16;1-7(2)16-11(6)15-12-9(4)8(3)10(5)14-13(12)16;1-7(2)15-10(5)14-12-9(4)13-8(3)6-11(12)15;1-6(2)15-9(5)14-10-7(3)12-8(4)13-11(10)15;1-6(2)15-11-10(8(4)14-15)7(3)12-9(5)13-11;1-6(2)15-9(5)14-10-11(15)13-8(4)7(3)12-10;1-5(2)14-9-8(12-13-14)6(3)10-7(4)11-9/h2*7H,1-6H3;6-7H,1-5H3;3*6H,1-5H3;5H,1-4H3. The molecule has 0 bridgehead atoms. The molecule has 0 saturated heterocycles. The quantitative estimate of drug-likeness (QED) is 0.143. The van der Waals surface area contributed by atoms with E-state index in [1.807, 2.05) is 113 Å². The van der Waals surface area contributed by atoms with E-state index < -0.39 is 0 Å². The van der Waals surface area contributed by atoms with Gasteiger partial charge in [0.15, 0.2) is 39.4 Å². The van der Waals surface area contributed by atoms with Crippen LogP contribution in [-0.4, -0.2) is 127 Å². The fourth-order valence-corrected chi connectivity index (χ4v) is 13.9. The topological polar surface area (TPSA) is 279 Å². The molecule has 0 aliphatic rings. The van der Waals surface area contributed by atoms with Crippen molar-refractivity contribution < 1.29 is 0 Å². The van der Waals surface area contributed by atoms with E-state index in [4.69, 9.17) is 0 Å². The van der Waals surface area contributed by atoms with Gasteiger partial charge >= 0.3 is 0 Å². The highest BCUT2D eigenvalue weighted by Gasteiger charge is 2.22. The van der Waals surface area contributed by atoms with Crippen LogP contribution < -0.4 is 0 Å². The highest BCUT2D eigenvalue weighted by Crippen LogP contribution is 2.31. The summed E-state index contributed by atoms with van der Waals surface area (Å²) in [6.45, 7) is 74.3. The zero-order valence-corrected chi connectivity index (χ0v) is 70.2. The van der Waals surface area contributed by atoms with Gasteiger partial charge in [0.2, 0.25) is 0 Å². The molecule has 26 heteroatoms. The van der Waals surface area contributed by atoms with Crippen molar-refractivity contribution in [3.05, 3.63) is 132 Å². The van der Waals surface area contributed by atoms with E-state index in [9.17, 15) is 0 Å². The van der Waals surface area contributed by atoms with Crippen LogP contribution in [0.3, 0.4) is 0 Å². The summed E-state index contributed by atoms with van der Waals surface area (Å²) in [5, 5.41) is 14.9. The largest absolute Gasteiger partial charge is 0.327 e. The van der Waals surface area contributed by atoms with Crippen molar-refractivity contribution in [2.45, 2.75) is 292 Å².